The van der Waals surface area contributed by atoms with Crippen molar-refractivity contribution >= 4 is 5.69 Å². The lowest BCUT2D eigenvalue weighted by atomic mass is 10.3. The van der Waals surface area contributed by atoms with E-state index in [4.69, 9.17) is 5.26 Å². The Labute approximate surface area is 84.2 Å². The van der Waals surface area contributed by atoms with Crippen LogP contribution in [0.2, 0.25) is 0 Å². The summed E-state index contributed by atoms with van der Waals surface area (Å²) in [6.07, 6.45) is 1.62. The predicted molar refractivity (Wildman–Crippen MR) is 56.0 cm³/mol. The highest BCUT2D eigenvalue weighted by Gasteiger charge is 2.00. The molecule has 0 spiro atoms. The van der Waals surface area contributed by atoms with E-state index in [1.165, 1.54) is 0 Å². The molecule has 4 heteroatoms. The van der Waals surface area contributed by atoms with Crippen LogP contribution in [0.4, 0.5) is 5.69 Å². The fourth-order valence-corrected chi connectivity index (χ4v) is 1.05. The number of hydrogen-bond acceptors (Lipinski definition) is 4. The number of nitriles is 1. The van der Waals surface area contributed by atoms with Crippen LogP contribution in [0, 0.1) is 11.3 Å². The molecule has 1 rings (SSSR count). The zero-order valence-corrected chi connectivity index (χ0v) is 8.49. The molecule has 14 heavy (non-hydrogen) atoms. The van der Waals surface area contributed by atoms with Gasteiger partial charge < -0.3 is 10.2 Å². The minimum atomic E-state index is 0.450. The van der Waals surface area contributed by atoms with Gasteiger partial charge in [-0.05, 0) is 26.2 Å². The van der Waals surface area contributed by atoms with E-state index in [1.807, 2.05) is 32.3 Å². The van der Waals surface area contributed by atoms with Crippen molar-refractivity contribution in [3.05, 3.63) is 24.0 Å². The third-order valence-corrected chi connectivity index (χ3v) is 1.79. The molecule has 1 N–H and O–H groups in total. The zero-order valence-electron chi connectivity index (χ0n) is 8.49. The lowest BCUT2D eigenvalue weighted by Crippen LogP contribution is -2.21. The van der Waals surface area contributed by atoms with Crippen LogP contribution in [0.15, 0.2) is 18.3 Å². The third kappa shape index (κ3) is 3.04. The fourth-order valence-electron chi connectivity index (χ4n) is 1.05. The van der Waals surface area contributed by atoms with E-state index >= 15 is 0 Å². The first-order valence-electron chi connectivity index (χ1n) is 4.47. The number of anilines is 1. The number of aromatic nitrogens is 1. The Balaban J connectivity index is 2.54. The van der Waals surface area contributed by atoms with Gasteiger partial charge in [-0.3, -0.25) is 0 Å². The average molecular weight is 190 g/mol. The minimum Gasteiger partial charge on any atom is -0.381 e. The van der Waals surface area contributed by atoms with Gasteiger partial charge >= 0.3 is 0 Å². The summed E-state index contributed by atoms with van der Waals surface area (Å²) in [6, 6.07) is 5.73. The summed E-state index contributed by atoms with van der Waals surface area (Å²) in [5, 5.41) is 11.9. The number of nitrogens with zero attached hydrogens (tertiary/aromatic N) is 3. The summed E-state index contributed by atoms with van der Waals surface area (Å²) in [7, 11) is 4.02. The van der Waals surface area contributed by atoms with Crippen molar-refractivity contribution in [2.45, 2.75) is 0 Å². The van der Waals surface area contributed by atoms with Crippen LogP contribution in [0.25, 0.3) is 0 Å². The topological polar surface area (TPSA) is 52.0 Å². The largest absolute Gasteiger partial charge is 0.381 e. The highest BCUT2D eigenvalue weighted by Crippen LogP contribution is 2.09. The first-order chi connectivity index (χ1) is 6.74. The molecule has 1 heterocycles. The SMILES string of the molecule is CN(C)CCNc1cccnc1C#N. The van der Waals surface area contributed by atoms with Crippen molar-refractivity contribution in [2.75, 3.05) is 32.5 Å². The molecule has 74 valence electrons. The Morgan fingerprint density at radius 3 is 3.00 bits per heavy atom. The van der Waals surface area contributed by atoms with Gasteiger partial charge in [0.2, 0.25) is 0 Å². The molecular weight excluding hydrogens is 176 g/mol. The lowest BCUT2D eigenvalue weighted by Gasteiger charge is -2.11. The molecule has 1 aromatic rings. The summed E-state index contributed by atoms with van der Waals surface area (Å²) in [5.74, 6) is 0. The molecule has 1 aromatic heterocycles. The molecule has 0 aliphatic carbocycles. The van der Waals surface area contributed by atoms with Crippen molar-refractivity contribution < 1.29 is 0 Å². The first kappa shape index (κ1) is 10.5. The van der Waals surface area contributed by atoms with Crippen LogP contribution < -0.4 is 5.32 Å². The third-order valence-electron chi connectivity index (χ3n) is 1.79. The summed E-state index contributed by atoms with van der Waals surface area (Å²) in [5.41, 5.74) is 1.25. The van der Waals surface area contributed by atoms with E-state index < -0.39 is 0 Å². The predicted octanol–water partition coefficient (Wildman–Crippen LogP) is 0.927. The van der Waals surface area contributed by atoms with Gasteiger partial charge in [0.05, 0.1) is 5.69 Å². The van der Waals surface area contributed by atoms with Crippen molar-refractivity contribution in [3.63, 3.8) is 0 Å². The van der Waals surface area contributed by atoms with Gasteiger partial charge in [0, 0.05) is 19.3 Å². The van der Waals surface area contributed by atoms with E-state index in [2.05, 4.69) is 15.2 Å². The molecule has 4 nitrogen and oxygen atoms in total. The second-order valence-corrected chi connectivity index (χ2v) is 3.24. The zero-order chi connectivity index (χ0) is 10.4. The number of pyridine rings is 1. The van der Waals surface area contributed by atoms with Crippen LogP contribution in [0.5, 0.6) is 0 Å². The maximum Gasteiger partial charge on any atom is 0.163 e. The van der Waals surface area contributed by atoms with Gasteiger partial charge in [-0.25, -0.2) is 4.98 Å². The van der Waals surface area contributed by atoms with Crippen molar-refractivity contribution in [2.24, 2.45) is 0 Å². The summed E-state index contributed by atoms with van der Waals surface area (Å²) in [4.78, 5) is 6.04. The molecule has 0 aliphatic rings. The van der Waals surface area contributed by atoms with Crippen LogP contribution >= 0.6 is 0 Å². The van der Waals surface area contributed by atoms with Crippen molar-refractivity contribution in [1.82, 2.24) is 9.88 Å². The number of likely N-dealkylation sites (N-methyl/N-ethyl adjacent to an activating group) is 1. The maximum atomic E-state index is 8.76. The van der Waals surface area contributed by atoms with Crippen molar-refractivity contribution in [3.8, 4) is 6.07 Å². The maximum absolute atomic E-state index is 8.76. The smallest absolute Gasteiger partial charge is 0.163 e. The summed E-state index contributed by atoms with van der Waals surface area (Å²) in [6.45, 7) is 1.74. The molecule has 0 radical (unpaired) electrons. The molecule has 0 fully saturated rings. The lowest BCUT2D eigenvalue weighted by molar-refractivity contribution is 0.425. The van der Waals surface area contributed by atoms with Gasteiger partial charge in [-0.15, -0.1) is 0 Å². The first-order valence-corrected chi connectivity index (χ1v) is 4.47. The molecule has 0 unspecified atom stereocenters. The van der Waals surface area contributed by atoms with E-state index in [-0.39, 0.29) is 0 Å². The van der Waals surface area contributed by atoms with E-state index in [0.29, 0.717) is 5.69 Å². The van der Waals surface area contributed by atoms with Crippen LogP contribution in [-0.2, 0) is 0 Å². The van der Waals surface area contributed by atoms with Crippen LogP contribution in [-0.4, -0.2) is 37.1 Å². The summed E-state index contributed by atoms with van der Waals surface area (Å²) >= 11 is 0. The Kier molecular flexibility index (Phi) is 3.89. The number of nitrogens with one attached hydrogen (secondary N) is 1. The monoisotopic (exact) mass is 190 g/mol. The van der Waals surface area contributed by atoms with Gasteiger partial charge in [0.25, 0.3) is 0 Å². The normalized spacial score (nSPS) is 9.86. The molecule has 0 aliphatic heterocycles. The minimum absolute atomic E-state index is 0.450. The van der Waals surface area contributed by atoms with E-state index in [9.17, 15) is 0 Å². The Bertz CT molecular complexity index is 327. The Morgan fingerprint density at radius 2 is 2.36 bits per heavy atom. The molecule has 0 saturated carbocycles. The van der Waals surface area contributed by atoms with E-state index in [1.54, 1.807) is 6.20 Å². The van der Waals surface area contributed by atoms with Crippen molar-refractivity contribution in [1.29, 1.82) is 5.26 Å². The molecule has 0 saturated heterocycles. The molecule has 0 atom stereocenters. The Hall–Kier alpha value is -1.60. The van der Waals surface area contributed by atoms with Gasteiger partial charge in [0.1, 0.15) is 6.07 Å². The van der Waals surface area contributed by atoms with Crippen LogP contribution in [0.3, 0.4) is 0 Å². The molecule has 0 bridgehead atoms. The van der Waals surface area contributed by atoms with Gasteiger partial charge in [-0.2, -0.15) is 5.26 Å². The second-order valence-electron chi connectivity index (χ2n) is 3.24. The fraction of sp³-hybridized carbons (Fsp3) is 0.400. The van der Waals surface area contributed by atoms with Gasteiger partial charge in [0.15, 0.2) is 5.69 Å². The second kappa shape index (κ2) is 5.20. The van der Waals surface area contributed by atoms with E-state index in [0.717, 1.165) is 18.8 Å². The molecule has 0 aromatic carbocycles. The Morgan fingerprint density at radius 1 is 1.57 bits per heavy atom. The van der Waals surface area contributed by atoms with Gasteiger partial charge in [-0.1, -0.05) is 0 Å². The summed E-state index contributed by atoms with van der Waals surface area (Å²) < 4.78 is 0. The van der Waals surface area contributed by atoms with Crippen LogP contribution in [0.1, 0.15) is 5.69 Å². The quantitative estimate of drug-likeness (QED) is 0.767. The highest BCUT2D eigenvalue weighted by molar-refractivity contribution is 5.53. The number of hydrogen-bond donors (Lipinski definition) is 1. The highest BCUT2D eigenvalue weighted by atomic mass is 15.1. The average Bonchev–Trinajstić information content (AvgIpc) is 2.18. The molecule has 0 amide bonds. The standard InChI is InChI=1S/C10H14N4/c1-14(2)7-6-13-9-4-3-5-12-10(9)8-11/h3-5,13H,6-7H2,1-2H3. The molecular formula is C10H14N4. The number of rotatable bonds is 4.